The molecule has 0 rings (SSSR count). The highest BCUT2D eigenvalue weighted by molar-refractivity contribution is 8.09. The van der Waals surface area contributed by atoms with Crippen molar-refractivity contribution in [1.29, 1.82) is 0 Å². The fourth-order valence-electron chi connectivity index (χ4n) is 0.221. The molecule has 0 aromatic heterocycles. The van der Waals surface area contributed by atoms with Crippen LogP contribution in [-0.4, -0.2) is 9.49 Å². The van der Waals surface area contributed by atoms with Crippen molar-refractivity contribution in [3.8, 4) is 0 Å². The molecule has 0 bridgehead atoms. The molecule has 0 saturated carbocycles. The summed E-state index contributed by atoms with van der Waals surface area (Å²) in [6, 6.07) is 0. The summed E-state index contributed by atoms with van der Waals surface area (Å²) in [6.45, 7) is 12.8. The zero-order chi connectivity index (χ0) is 9.12. The molecule has 0 heterocycles. The summed E-state index contributed by atoms with van der Waals surface area (Å²) < 4.78 is 5.78. The van der Waals surface area contributed by atoms with Gasteiger partial charge in [0.15, 0.2) is 0 Å². The van der Waals surface area contributed by atoms with Crippen LogP contribution in [0, 0.1) is 0 Å². The normalized spacial score (nSPS) is 13.6. The lowest BCUT2D eigenvalue weighted by Gasteiger charge is -2.20. The molecule has 0 unspecified atom stereocenters. The monoisotopic (exact) mass is 194 g/mol. The second kappa shape index (κ2) is 4.06. The minimum absolute atomic E-state index is 0.193. The second-order valence-electron chi connectivity index (χ2n) is 4.46. The van der Waals surface area contributed by atoms with Crippen molar-refractivity contribution >= 4 is 24.1 Å². The summed E-state index contributed by atoms with van der Waals surface area (Å²) in [5, 5.41) is 0. The molecule has 0 aliphatic heterocycles. The zero-order valence-electron chi connectivity index (χ0n) is 8.22. The highest BCUT2D eigenvalue weighted by Gasteiger charge is 2.16. The number of hydrogen-bond acceptors (Lipinski definition) is 3. The highest BCUT2D eigenvalue weighted by Crippen LogP contribution is 2.34. The van der Waals surface area contributed by atoms with Crippen molar-refractivity contribution < 1.29 is 3.63 Å². The maximum absolute atomic E-state index is 5.40. The molecular formula is C8H18OS2. The molecule has 0 N–H and O–H groups in total. The van der Waals surface area contributed by atoms with Gasteiger partial charge in [-0.1, -0.05) is 0 Å². The van der Waals surface area contributed by atoms with E-state index in [2.05, 4.69) is 41.5 Å². The fraction of sp³-hybridized carbons (Fsp3) is 1.00. The van der Waals surface area contributed by atoms with Crippen LogP contribution in [0.1, 0.15) is 41.5 Å². The van der Waals surface area contributed by atoms with Gasteiger partial charge in [-0.15, -0.1) is 0 Å². The van der Waals surface area contributed by atoms with Crippen LogP contribution in [0.2, 0.25) is 0 Å². The first kappa shape index (κ1) is 11.7. The zero-order valence-corrected chi connectivity index (χ0v) is 9.86. The van der Waals surface area contributed by atoms with Crippen molar-refractivity contribution in [2.24, 2.45) is 0 Å². The fourth-order valence-corrected chi connectivity index (χ4v) is 1.99. The van der Waals surface area contributed by atoms with E-state index in [1.165, 1.54) is 24.1 Å². The minimum atomic E-state index is 0.193. The number of hydrogen-bond donors (Lipinski definition) is 0. The van der Waals surface area contributed by atoms with Crippen molar-refractivity contribution in [3.63, 3.8) is 0 Å². The Kier molecular flexibility index (Phi) is 4.30. The average molecular weight is 194 g/mol. The van der Waals surface area contributed by atoms with Gasteiger partial charge in [0.25, 0.3) is 0 Å². The van der Waals surface area contributed by atoms with Crippen LogP contribution in [0.5, 0.6) is 0 Å². The molecule has 0 aliphatic carbocycles. The predicted molar refractivity (Wildman–Crippen MR) is 55.8 cm³/mol. The van der Waals surface area contributed by atoms with Gasteiger partial charge in [0.05, 0.1) is 0 Å². The molecule has 0 aromatic rings. The lowest BCUT2D eigenvalue weighted by molar-refractivity contribution is 0.659. The van der Waals surface area contributed by atoms with Gasteiger partial charge in [-0.25, -0.2) is 3.63 Å². The van der Waals surface area contributed by atoms with Crippen LogP contribution >= 0.6 is 24.1 Å². The molecular weight excluding hydrogens is 176 g/mol. The van der Waals surface area contributed by atoms with Gasteiger partial charge >= 0.3 is 0 Å². The quantitative estimate of drug-likeness (QED) is 0.617. The van der Waals surface area contributed by atoms with Crippen LogP contribution in [0.25, 0.3) is 0 Å². The van der Waals surface area contributed by atoms with Gasteiger partial charge in [0.1, 0.15) is 0 Å². The average Bonchev–Trinajstić information content (AvgIpc) is 1.55. The summed E-state index contributed by atoms with van der Waals surface area (Å²) in [5.74, 6) is 0. The summed E-state index contributed by atoms with van der Waals surface area (Å²) in [4.78, 5) is 0. The molecule has 0 aliphatic rings. The molecule has 0 saturated heterocycles. The van der Waals surface area contributed by atoms with E-state index in [1.807, 2.05) is 0 Å². The third-order valence-electron chi connectivity index (χ3n) is 0.568. The molecule has 0 atom stereocenters. The summed E-state index contributed by atoms with van der Waals surface area (Å²) in [6.07, 6.45) is 0. The van der Waals surface area contributed by atoms with Crippen LogP contribution < -0.4 is 0 Å². The Hall–Kier alpha value is 0.660. The molecule has 0 aromatic carbocycles. The van der Waals surface area contributed by atoms with Crippen molar-refractivity contribution in [2.45, 2.75) is 51.0 Å². The van der Waals surface area contributed by atoms with Crippen LogP contribution in [0.15, 0.2) is 0 Å². The molecule has 68 valence electrons. The van der Waals surface area contributed by atoms with E-state index in [-0.39, 0.29) is 9.49 Å². The third kappa shape index (κ3) is 10.7. The molecule has 1 nitrogen and oxygen atoms in total. The maximum atomic E-state index is 5.40. The standard InChI is InChI=1S/C8H18OS2/c1-7(2,3)10-9-11-8(4,5)6/h1-6H3. The largest absolute Gasteiger partial charge is 0.246 e. The minimum Gasteiger partial charge on any atom is -0.246 e. The van der Waals surface area contributed by atoms with E-state index in [4.69, 9.17) is 3.63 Å². The molecule has 0 amide bonds. The first-order valence-corrected chi connectivity index (χ1v) is 5.22. The number of rotatable bonds is 2. The molecule has 0 radical (unpaired) electrons. The summed E-state index contributed by atoms with van der Waals surface area (Å²) in [7, 11) is 0. The maximum Gasteiger partial charge on any atom is 0.0351 e. The Bertz CT molecular complexity index is 96.2. The van der Waals surface area contributed by atoms with E-state index in [0.717, 1.165) is 0 Å². The lowest BCUT2D eigenvalue weighted by atomic mass is 10.3. The molecule has 3 heteroatoms. The van der Waals surface area contributed by atoms with Crippen LogP contribution in [0.3, 0.4) is 0 Å². The molecule has 0 fully saturated rings. The van der Waals surface area contributed by atoms with Crippen molar-refractivity contribution in [3.05, 3.63) is 0 Å². The molecule has 0 spiro atoms. The van der Waals surface area contributed by atoms with Gasteiger partial charge < -0.3 is 0 Å². The smallest absolute Gasteiger partial charge is 0.0351 e. The van der Waals surface area contributed by atoms with Gasteiger partial charge in [-0.05, 0) is 41.5 Å². The summed E-state index contributed by atoms with van der Waals surface area (Å²) >= 11 is 3.05. The SMILES string of the molecule is CC(C)(C)SOSC(C)(C)C. The Balaban J connectivity index is 3.44. The van der Waals surface area contributed by atoms with E-state index in [0.29, 0.717) is 0 Å². The van der Waals surface area contributed by atoms with Crippen LogP contribution in [0.4, 0.5) is 0 Å². The first-order valence-electron chi connectivity index (χ1n) is 3.74. The van der Waals surface area contributed by atoms with Crippen LogP contribution in [-0.2, 0) is 3.63 Å². The Labute approximate surface area is 79.1 Å². The topological polar surface area (TPSA) is 9.23 Å². The van der Waals surface area contributed by atoms with Gasteiger partial charge in [0, 0.05) is 33.6 Å². The Morgan fingerprint density at radius 1 is 0.727 bits per heavy atom. The highest BCUT2D eigenvalue weighted by atomic mass is 32.2. The van der Waals surface area contributed by atoms with E-state index >= 15 is 0 Å². The van der Waals surface area contributed by atoms with E-state index < -0.39 is 0 Å². The van der Waals surface area contributed by atoms with E-state index in [9.17, 15) is 0 Å². The van der Waals surface area contributed by atoms with Gasteiger partial charge in [0.2, 0.25) is 0 Å². The van der Waals surface area contributed by atoms with Gasteiger partial charge in [-0.2, -0.15) is 0 Å². The molecule has 11 heavy (non-hydrogen) atoms. The van der Waals surface area contributed by atoms with Crippen molar-refractivity contribution in [1.82, 2.24) is 0 Å². The summed E-state index contributed by atoms with van der Waals surface area (Å²) in [5.41, 5.74) is 0. The third-order valence-corrected chi connectivity index (χ3v) is 2.11. The Morgan fingerprint density at radius 2 is 1.00 bits per heavy atom. The first-order chi connectivity index (χ1) is 4.71. The Morgan fingerprint density at radius 3 is 1.18 bits per heavy atom. The lowest BCUT2D eigenvalue weighted by Crippen LogP contribution is -2.10. The van der Waals surface area contributed by atoms with E-state index in [1.54, 1.807) is 0 Å². The second-order valence-corrected chi connectivity index (χ2v) is 7.79. The van der Waals surface area contributed by atoms with Crippen molar-refractivity contribution in [2.75, 3.05) is 0 Å². The predicted octanol–water partition coefficient (Wildman–Crippen LogP) is 3.90. The van der Waals surface area contributed by atoms with Gasteiger partial charge in [-0.3, -0.25) is 0 Å².